The van der Waals surface area contributed by atoms with Crippen LogP contribution in [0.5, 0.6) is 0 Å². The van der Waals surface area contributed by atoms with Crippen LogP contribution >= 0.6 is 0 Å². The Labute approximate surface area is 284 Å². The zero-order valence-electron chi connectivity index (χ0n) is 32.0. The second-order valence-electron chi connectivity index (χ2n) is 18.8. The van der Waals surface area contributed by atoms with Gasteiger partial charge in [0.05, 0.1) is 6.10 Å². The first kappa shape index (κ1) is 39.3. The van der Waals surface area contributed by atoms with Crippen LogP contribution in [0.2, 0.25) is 0 Å². The van der Waals surface area contributed by atoms with Gasteiger partial charge in [0, 0.05) is 12.8 Å². The van der Waals surface area contributed by atoms with E-state index in [9.17, 15) is 14.7 Å². The van der Waals surface area contributed by atoms with Crippen LogP contribution < -0.4 is 0 Å². The van der Waals surface area contributed by atoms with Gasteiger partial charge in [0.1, 0.15) is 11.2 Å². The maximum Gasteiger partial charge on any atom is 0.306 e. The molecule has 0 amide bonds. The summed E-state index contributed by atoms with van der Waals surface area (Å²) in [5.41, 5.74) is 0.131. The van der Waals surface area contributed by atoms with Crippen molar-refractivity contribution in [2.24, 2.45) is 52.3 Å². The van der Waals surface area contributed by atoms with Crippen molar-refractivity contribution < 1.29 is 24.2 Å². The number of ether oxygens (including phenoxy) is 2. The average Bonchev–Trinajstić information content (AvgIpc) is 3.45. The third-order valence-electron chi connectivity index (χ3n) is 13.0. The zero-order valence-corrected chi connectivity index (χ0v) is 32.0. The molecular formula is C41H74O5. The van der Waals surface area contributed by atoms with E-state index >= 15 is 0 Å². The van der Waals surface area contributed by atoms with Gasteiger partial charge < -0.3 is 14.6 Å². The van der Waals surface area contributed by atoms with Crippen LogP contribution in [-0.2, 0) is 19.1 Å². The highest BCUT2D eigenvalue weighted by atomic mass is 16.6. The fraction of sp³-hybridized carbons (Fsp3) is 0.951. The van der Waals surface area contributed by atoms with Crippen molar-refractivity contribution in [1.29, 1.82) is 0 Å². The largest absolute Gasteiger partial charge is 0.460 e. The molecule has 4 aliphatic carbocycles. The maximum atomic E-state index is 11.9. The van der Waals surface area contributed by atoms with E-state index in [1.54, 1.807) is 0 Å². The summed E-state index contributed by atoms with van der Waals surface area (Å²) in [4.78, 5) is 23.7. The molecule has 5 nitrogen and oxygen atoms in total. The van der Waals surface area contributed by atoms with Gasteiger partial charge >= 0.3 is 11.9 Å². The molecule has 46 heavy (non-hydrogen) atoms. The first-order valence-corrected chi connectivity index (χ1v) is 19.4. The average molecular weight is 647 g/mol. The van der Waals surface area contributed by atoms with E-state index < -0.39 is 0 Å². The summed E-state index contributed by atoms with van der Waals surface area (Å²) >= 11 is 0. The molecule has 0 radical (unpaired) electrons. The van der Waals surface area contributed by atoms with Gasteiger partial charge in [0.25, 0.3) is 0 Å². The third kappa shape index (κ3) is 10.4. The standard InChI is InChI=1S/C21H38O2.C20H36O3/c1-15(9-7-11-19(22)23-20(3,4)5)17-12-13-18-16(2)10-8-14-21(17,18)6;1-14(8-6-10-18(22)23-19(2,3)4)15-11-12-16-17(21)9-7-13-20(15,16)5/h15-18H,7-14H2,1-6H3;14-17,21H,6-13H2,1-5H3/t15-,16-,17-,18+,21-;14-,15-,16+,17-,20-/m11/s1. The predicted molar refractivity (Wildman–Crippen MR) is 189 cm³/mol. The van der Waals surface area contributed by atoms with Gasteiger partial charge in [-0.1, -0.05) is 53.9 Å². The lowest BCUT2D eigenvalue weighted by Crippen LogP contribution is -2.41. The van der Waals surface area contributed by atoms with E-state index in [1.807, 2.05) is 41.5 Å². The summed E-state index contributed by atoms with van der Waals surface area (Å²) in [5, 5.41) is 10.3. The minimum absolute atomic E-state index is 0.0356. The van der Waals surface area contributed by atoms with Gasteiger partial charge in [-0.05, 0) is 164 Å². The molecule has 4 aliphatic rings. The Morgan fingerprint density at radius 1 is 0.696 bits per heavy atom. The van der Waals surface area contributed by atoms with Crippen LogP contribution in [0.1, 0.15) is 179 Å². The Kier molecular flexibility index (Phi) is 13.7. The van der Waals surface area contributed by atoms with Crippen LogP contribution in [0, 0.1) is 52.3 Å². The number of carbonyl (C=O) groups is 2. The normalized spacial score (nSPS) is 35.7. The molecule has 0 spiro atoms. The van der Waals surface area contributed by atoms with Crippen molar-refractivity contribution in [3.8, 4) is 0 Å². The molecule has 0 unspecified atom stereocenters. The van der Waals surface area contributed by atoms with Gasteiger partial charge in [-0.25, -0.2) is 0 Å². The molecule has 4 rings (SSSR count). The Morgan fingerprint density at radius 2 is 1.11 bits per heavy atom. The van der Waals surface area contributed by atoms with Gasteiger partial charge in [0.15, 0.2) is 0 Å². The number of esters is 2. The van der Waals surface area contributed by atoms with E-state index in [1.165, 1.54) is 57.8 Å². The first-order chi connectivity index (χ1) is 21.3. The number of aliphatic hydroxyl groups excluding tert-OH is 1. The summed E-state index contributed by atoms with van der Waals surface area (Å²) in [6.45, 7) is 23.8. The monoisotopic (exact) mass is 647 g/mol. The molecule has 10 atom stereocenters. The fourth-order valence-corrected chi connectivity index (χ4v) is 11.0. The molecule has 1 N–H and O–H groups in total. The Bertz CT molecular complexity index is 898. The summed E-state index contributed by atoms with van der Waals surface area (Å²) in [6, 6.07) is 0. The van der Waals surface area contributed by atoms with Crippen LogP contribution in [0.4, 0.5) is 0 Å². The number of rotatable bonds is 10. The maximum absolute atomic E-state index is 11.9. The van der Waals surface area contributed by atoms with Gasteiger partial charge in [-0.15, -0.1) is 0 Å². The molecule has 0 saturated heterocycles. The highest BCUT2D eigenvalue weighted by Crippen LogP contribution is 2.60. The molecule has 0 aromatic rings. The van der Waals surface area contributed by atoms with Crippen molar-refractivity contribution in [3.05, 3.63) is 0 Å². The Morgan fingerprint density at radius 3 is 1.57 bits per heavy atom. The summed E-state index contributed by atoms with van der Waals surface area (Å²) in [6.07, 6.45) is 18.1. The summed E-state index contributed by atoms with van der Waals surface area (Å²) < 4.78 is 10.8. The molecule has 4 fully saturated rings. The van der Waals surface area contributed by atoms with E-state index in [4.69, 9.17) is 9.47 Å². The van der Waals surface area contributed by atoms with Crippen LogP contribution in [0.15, 0.2) is 0 Å². The molecular weight excluding hydrogens is 572 g/mol. The second kappa shape index (κ2) is 16.1. The van der Waals surface area contributed by atoms with Crippen molar-refractivity contribution in [2.75, 3.05) is 0 Å². The highest BCUT2D eigenvalue weighted by Gasteiger charge is 2.52. The van der Waals surface area contributed by atoms with E-state index in [-0.39, 0.29) is 29.2 Å². The lowest BCUT2D eigenvalue weighted by molar-refractivity contribution is -0.156. The SMILES string of the molecule is C[C@H](CCCC(=O)OC(C)(C)C)[C@H]1CC[C@H]2[C@H](C)CCC[C@]12C.C[C@H](CCCC(=O)OC(C)(C)C)[C@H]1CC[C@H]2[C@H](O)CCC[C@]12C. The molecule has 4 saturated carbocycles. The lowest BCUT2D eigenvalue weighted by atomic mass is 9.59. The van der Waals surface area contributed by atoms with E-state index in [0.29, 0.717) is 41.4 Å². The van der Waals surface area contributed by atoms with E-state index in [0.717, 1.165) is 55.8 Å². The van der Waals surface area contributed by atoms with Crippen LogP contribution in [0.3, 0.4) is 0 Å². The molecule has 0 aromatic carbocycles. The molecule has 268 valence electrons. The van der Waals surface area contributed by atoms with Crippen molar-refractivity contribution in [3.63, 3.8) is 0 Å². The van der Waals surface area contributed by atoms with E-state index in [2.05, 4.69) is 34.6 Å². The smallest absolute Gasteiger partial charge is 0.306 e. The van der Waals surface area contributed by atoms with Crippen molar-refractivity contribution >= 4 is 11.9 Å². The number of carbonyl (C=O) groups excluding carboxylic acids is 2. The topological polar surface area (TPSA) is 72.8 Å². The number of hydrogen-bond donors (Lipinski definition) is 1. The number of hydrogen-bond acceptors (Lipinski definition) is 5. The summed E-state index contributed by atoms with van der Waals surface area (Å²) in [7, 11) is 0. The van der Waals surface area contributed by atoms with Gasteiger partial charge in [-0.3, -0.25) is 9.59 Å². The number of fused-ring (bicyclic) bond motifs is 2. The molecule has 0 heterocycles. The van der Waals surface area contributed by atoms with Crippen molar-refractivity contribution in [2.45, 2.75) is 196 Å². The Hall–Kier alpha value is -1.10. The predicted octanol–water partition coefficient (Wildman–Crippen LogP) is 10.7. The quantitative estimate of drug-likeness (QED) is 0.239. The van der Waals surface area contributed by atoms with Gasteiger partial charge in [0.2, 0.25) is 0 Å². The third-order valence-corrected chi connectivity index (χ3v) is 13.0. The van der Waals surface area contributed by atoms with Crippen LogP contribution in [-0.4, -0.2) is 34.4 Å². The summed E-state index contributed by atoms with van der Waals surface area (Å²) in [5.74, 6) is 5.14. The minimum atomic E-state index is -0.382. The van der Waals surface area contributed by atoms with Crippen LogP contribution in [0.25, 0.3) is 0 Å². The first-order valence-electron chi connectivity index (χ1n) is 19.4. The zero-order chi connectivity index (χ0) is 34.5. The second-order valence-corrected chi connectivity index (χ2v) is 18.8. The van der Waals surface area contributed by atoms with Crippen molar-refractivity contribution in [1.82, 2.24) is 0 Å². The molecule has 5 heteroatoms. The lowest BCUT2D eigenvalue weighted by Gasteiger charge is -2.46. The minimum Gasteiger partial charge on any atom is -0.460 e. The molecule has 0 aromatic heterocycles. The number of aliphatic hydroxyl groups is 1. The molecule has 0 aliphatic heterocycles. The van der Waals surface area contributed by atoms with Gasteiger partial charge in [-0.2, -0.15) is 0 Å². The molecule has 0 bridgehead atoms. The Balaban J connectivity index is 0.000000250. The fourth-order valence-electron chi connectivity index (χ4n) is 11.0. The highest BCUT2D eigenvalue weighted by molar-refractivity contribution is 5.70.